The third-order valence-electron chi connectivity index (χ3n) is 2.15. The molecule has 1 N–H and O–H groups in total. The SMILES string of the molecule is CCNCc1cc(Br)c(OC)c(OCC)c1. The zero-order valence-electron chi connectivity index (χ0n) is 9.97. The molecule has 0 unspecified atom stereocenters. The van der Waals surface area contributed by atoms with E-state index in [0.717, 1.165) is 29.1 Å². The predicted molar refractivity (Wildman–Crippen MR) is 69.2 cm³/mol. The largest absolute Gasteiger partial charge is 0.492 e. The highest BCUT2D eigenvalue weighted by Crippen LogP contribution is 2.36. The average Bonchev–Trinajstić information content (AvgIpc) is 2.26. The highest BCUT2D eigenvalue weighted by molar-refractivity contribution is 9.10. The summed E-state index contributed by atoms with van der Waals surface area (Å²) in [6.07, 6.45) is 0. The normalized spacial score (nSPS) is 10.2. The van der Waals surface area contributed by atoms with E-state index in [0.29, 0.717) is 6.61 Å². The molecule has 3 nitrogen and oxygen atoms in total. The first-order chi connectivity index (χ1) is 7.72. The van der Waals surface area contributed by atoms with Crippen molar-refractivity contribution in [1.29, 1.82) is 0 Å². The molecule has 0 aliphatic carbocycles. The van der Waals surface area contributed by atoms with E-state index >= 15 is 0 Å². The van der Waals surface area contributed by atoms with Gasteiger partial charge < -0.3 is 14.8 Å². The molecule has 1 aromatic carbocycles. The molecule has 0 radical (unpaired) electrons. The van der Waals surface area contributed by atoms with Crippen LogP contribution in [0.1, 0.15) is 19.4 Å². The van der Waals surface area contributed by atoms with Crippen LogP contribution in [0.5, 0.6) is 11.5 Å². The lowest BCUT2D eigenvalue weighted by atomic mass is 10.2. The molecule has 0 spiro atoms. The Labute approximate surface area is 105 Å². The van der Waals surface area contributed by atoms with Crippen molar-refractivity contribution in [1.82, 2.24) is 5.32 Å². The van der Waals surface area contributed by atoms with Gasteiger partial charge in [-0.1, -0.05) is 6.92 Å². The van der Waals surface area contributed by atoms with Gasteiger partial charge in [-0.25, -0.2) is 0 Å². The number of benzene rings is 1. The number of hydrogen-bond acceptors (Lipinski definition) is 3. The molecular weight excluding hydrogens is 270 g/mol. The number of nitrogens with one attached hydrogen (secondary N) is 1. The minimum absolute atomic E-state index is 0.632. The summed E-state index contributed by atoms with van der Waals surface area (Å²) < 4.78 is 11.8. The molecule has 0 bridgehead atoms. The minimum atomic E-state index is 0.632. The molecule has 0 aliphatic heterocycles. The minimum Gasteiger partial charge on any atom is -0.492 e. The Balaban J connectivity index is 2.97. The fourth-order valence-corrected chi connectivity index (χ4v) is 2.11. The Morgan fingerprint density at radius 3 is 2.62 bits per heavy atom. The summed E-state index contributed by atoms with van der Waals surface area (Å²) in [7, 11) is 1.65. The van der Waals surface area contributed by atoms with Crippen LogP contribution in [0.4, 0.5) is 0 Å². The third-order valence-corrected chi connectivity index (χ3v) is 2.74. The second-order valence-electron chi connectivity index (χ2n) is 3.32. The molecule has 4 heteroatoms. The fourth-order valence-electron chi connectivity index (χ4n) is 1.45. The van der Waals surface area contributed by atoms with Gasteiger partial charge in [0.25, 0.3) is 0 Å². The van der Waals surface area contributed by atoms with E-state index in [4.69, 9.17) is 9.47 Å². The Hall–Kier alpha value is -0.740. The van der Waals surface area contributed by atoms with Gasteiger partial charge >= 0.3 is 0 Å². The summed E-state index contributed by atoms with van der Waals surface area (Å²) in [4.78, 5) is 0. The second-order valence-corrected chi connectivity index (χ2v) is 4.18. The maximum Gasteiger partial charge on any atom is 0.174 e. The summed E-state index contributed by atoms with van der Waals surface area (Å²) in [5.74, 6) is 1.54. The standard InChI is InChI=1S/C12H18BrNO2/c1-4-14-8-9-6-10(13)12(15-3)11(7-9)16-5-2/h6-7,14H,4-5,8H2,1-3H3. The fraction of sp³-hybridized carbons (Fsp3) is 0.500. The maximum atomic E-state index is 5.55. The van der Waals surface area contributed by atoms with Gasteiger partial charge in [-0.2, -0.15) is 0 Å². The van der Waals surface area contributed by atoms with E-state index in [9.17, 15) is 0 Å². The molecule has 0 saturated carbocycles. The van der Waals surface area contributed by atoms with Crippen molar-refractivity contribution in [2.24, 2.45) is 0 Å². The molecule has 0 heterocycles. The molecule has 16 heavy (non-hydrogen) atoms. The predicted octanol–water partition coefficient (Wildman–Crippen LogP) is 2.97. The topological polar surface area (TPSA) is 30.5 Å². The van der Waals surface area contributed by atoms with Crippen molar-refractivity contribution in [2.45, 2.75) is 20.4 Å². The number of hydrogen-bond donors (Lipinski definition) is 1. The Bertz CT molecular complexity index is 342. The van der Waals surface area contributed by atoms with Crippen LogP contribution in [0.15, 0.2) is 16.6 Å². The molecule has 1 aromatic rings. The summed E-state index contributed by atoms with van der Waals surface area (Å²) in [5.41, 5.74) is 1.18. The Morgan fingerprint density at radius 1 is 1.31 bits per heavy atom. The first kappa shape index (κ1) is 13.3. The van der Waals surface area contributed by atoms with E-state index in [1.54, 1.807) is 7.11 Å². The first-order valence-electron chi connectivity index (χ1n) is 5.42. The zero-order chi connectivity index (χ0) is 12.0. The van der Waals surface area contributed by atoms with Gasteiger partial charge in [0, 0.05) is 6.54 Å². The van der Waals surface area contributed by atoms with E-state index < -0.39 is 0 Å². The highest BCUT2D eigenvalue weighted by atomic mass is 79.9. The molecule has 0 saturated heterocycles. The van der Waals surface area contributed by atoms with Crippen LogP contribution in [0.3, 0.4) is 0 Å². The molecule has 1 rings (SSSR count). The monoisotopic (exact) mass is 287 g/mol. The lowest BCUT2D eigenvalue weighted by Crippen LogP contribution is -2.12. The van der Waals surface area contributed by atoms with Gasteiger partial charge in [0.2, 0.25) is 0 Å². The van der Waals surface area contributed by atoms with Crippen LogP contribution >= 0.6 is 15.9 Å². The third kappa shape index (κ3) is 3.39. The van der Waals surface area contributed by atoms with Crippen molar-refractivity contribution < 1.29 is 9.47 Å². The van der Waals surface area contributed by atoms with Crippen molar-refractivity contribution in [2.75, 3.05) is 20.3 Å². The van der Waals surface area contributed by atoms with Crippen molar-refractivity contribution in [3.63, 3.8) is 0 Å². The van der Waals surface area contributed by atoms with Crippen LogP contribution in [-0.2, 0) is 6.54 Å². The van der Waals surface area contributed by atoms with Crippen LogP contribution in [0.2, 0.25) is 0 Å². The van der Waals surface area contributed by atoms with Gasteiger partial charge in [-0.05, 0) is 47.1 Å². The first-order valence-corrected chi connectivity index (χ1v) is 6.22. The van der Waals surface area contributed by atoms with Crippen LogP contribution < -0.4 is 14.8 Å². The van der Waals surface area contributed by atoms with Crippen molar-refractivity contribution in [3.8, 4) is 11.5 Å². The lowest BCUT2D eigenvalue weighted by molar-refractivity contribution is 0.309. The highest BCUT2D eigenvalue weighted by Gasteiger charge is 2.10. The summed E-state index contributed by atoms with van der Waals surface area (Å²) in [6.45, 7) is 6.46. The summed E-state index contributed by atoms with van der Waals surface area (Å²) in [5, 5.41) is 3.28. The molecule has 0 amide bonds. The van der Waals surface area contributed by atoms with Crippen LogP contribution in [0, 0.1) is 0 Å². The van der Waals surface area contributed by atoms with Crippen molar-refractivity contribution in [3.05, 3.63) is 22.2 Å². The number of rotatable bonds is 6. The quantitative estimate of drug-likeness (QED) is 0.873. The van der Waals surface area contributed by atoms with Gasteiger partial charge in [0.15, 0.2) is 11.5 Å². The van der Waals surface area contributed by atoms with Crippen LogP contribution in [-0.4, -0.2) is 20.3 Å². The van der Waals surface area contributed by atoms with E-state index in [1.165, 1.54) is 5.56 Å². The molecular formula is C12H18BrNO2. The lowest BCUT2D eigenvalue weighted by Gasteiger charge is -2.13. The van der Waals surface area contributed by atoms with E-state index in [2.05, 4.69) is 28.2 Å². The van der Waals surface area contributed by atoms with Gasteiger partial charge in [-0.15, -0.1) is 0 Å². The number of methoxy groups -OCH3 is 1. The molecule has 0 fully saturated rings. The zero-order valence-corrected chi connectivity index (χ0v) is 11.6. The average molecular weight is 288 g/mol. The van der Waals surface area contributed by atoms with Gasteiger partial charge in [0.05, 0.1) is 18.2 Å². The smallest absolute Gasteiger partial charge is 0.174 e. The molecule has 0 aromatic heterocycles. The van der Waals surface area contributed by atoms with Gasteiger partial charge in [-0.3, -0.25) is 0 Å². The Kier molecular flexibility index (Phi) is 5.63. The van der Waals surface area contributed by atoms with E-state index in [1.807, 2.05) is 19.1 Å². The summed E-state index contributed by atoms with van der Waals surface area (Å²) in [6, 6.07) is 4.06. The number of ether oxygens (including phenoxy) is 2. The maximum absolute atomic E-state index is 5.55. The molecule has 0 atom stereocenters. The summed E-state index contributed by atoms with van der Waals surface area (Å²) >= 11 is 3.49. The Morgan fingerprint density at radius 2 is 2.06 bits per heavy atom. The van der Waals surface area contributed by atoms with Crippen LogP contribution in [0.25, 0.3) is 0 Å². The van der Waals surface area contributed by atoms with Gasteiger partial charge in [0.1, 0.15) is 0 Å². The van der Waals surface area contributed by atoms with E-state index in [-0.39, 0.29) is 0 Å². The molecule has 0 aliphatic rings. The number of halogens is 1. The second kappa shape index (κ2) is 6.76. The molecule has 90 valence electrons. The van der Waals surface area contributed by atoms with Crippen molar-refractivity contribution >= 4 is 15.9 Å².